The number of allylic oxidation sites excluding steroid dienone is 3. The molecule has 26 heavy (non-hydrogen) atoms. The lowest BCUT2D eigenvalue weighted by atomic mass is 9.49. The zero-order valence-electron chi connectivity index (χ0n) is 15.0. The number of phenols is 2. The highest BCUT2D eigenvalue weighted by molar-refractivity contribution is 6.11. The van der Waals surface area contributed by atoms with Crippen molar-refractivity contribution in [2.24, 2.45) is 17.3 Å². The molecule has 1 aromatic rings. The average Bonchev–Trinajstić information content (AvgIpc) is 2.87. The number of hydrogen-bond acceptors (Lipinski definition) is 4. The van der Waals surface area contributed by atoms with E-state index in [4.69, 9.17) is 0 Å². The fourth-order valence-corrected chi connectivity index (χ4v) is 6.71. The van der Waals surface area contributed by atoms with E-state index in [1.165, 1.54) is 12.1 Å². The Labute approximate surface area is 152 Å². The molecule has 4 bridgehead atoms. The Hall–Kier alpha value is -2.36. The molecule has 1 aromatic carbocycles. The summed E-state index contributed by atoms with van der Waals surface area (Å²) in [6.07, 6.45) is 3.25. The number of Topliss-reactive ketones (excluding diaryl/α,β-unsaturated/α-hetero) is 2. The van der Waals surface area contributed by atoms with Crippen LogP contribution in [0.2, 0.25) is 0 Å². The van der Waals surface area contributed by atoms with E-state index in [-0.39, 0.29) is 47.2 Å². The molecule has 4 nitrogen and oxygen atoms in total. The van der Waals surface area contributed by atoms with E-state index in [1.54, 1.807) is 0 Å². The van der Waals surface area contributed by atoms with Crippen LogP contribution in [0.4, 0.5) is 0 Å². The van der Waals surface area contributed by atoms with Crippen molar-refractivity contribution in [2.45, 2.75) is 44.4 Å². The number of hydrogen-bond donors (Lipinski definition) is 2. The van der Waals surface area contributed by atoms with Crippen LogP contribution in [-0.2, 0) is 15.0 Å². The van der Waals surface area contributed by atoms with Gasteiger partial charge in [0, 0.05) is 29.4 Å². The summed E-state index contributed by atoms with van der Waals surface area (Å²) in [5.41, 5.74) is 1.10. The molecule has 2 N–H and O–H groups in total. The molecule has 0 aromatic heterocycles. The van der Waals surface area contributed by atoms with Crippen LogP contribution in [0.3, 0.4) is 0 Å². The third-order valence-corrected chi connectivity index (χ3v) is 7.54. The van der Waals surface area contributed by atoms with Crippen LogP contribution < -0.4 is 0 Å². The van der Waals surface area contributed by atoms with Gasteiger partial charge in [-0.05, 0) is 44.7 Å². The van der Waals surface area contributed by atoms with Gasteiger partial charge in [-0.1, -0.05) is 23.8 Å². The zero-order chi connectivity index (χ0) is 18.6. The predicted molar refractivity (Wildman–Crippen MR) is 96.0 cm³/mol. The number of benzene rings is 1. The SMILES string of the molecule is C=C(C)[C@H]1C[C@@]23C(=O)[C@@H]1CC(=O)[C@@]21CC(C)=C[C@@H]3c2c(O)ccc(O)c21. The van der Waals surface area contributed by atoms with Gasteiger partial charge in [0.1, 0.15) is 23.1 Å². The van der Waals surface area contributed by atoms with Crippen LogP contribution in [0.5, 0.6) is 11.5 Å². The van der Waals surface area contributed by atoms with Gasteiger partial charge in [-0.25, -0.2) is 0 Å². The highest BCUT2D eigenvalue weighted by Crippen LogP contribution is 2.76. The first-order valence-electron chi connectivity index (χ1n) is 9.21. The molecule has 0 saturated heterocycles. The second kappa shape index (κ2) is 4.48. The van der Waals surface area contributed by atoms with Crippen molar-refractivity contribution in [3.63, 3.8) is 0 Å². The fraction of sp³-hybridized carbons (Fsp3) is 0.455. The van der Waals surface area contributed by atoms with Gasteiger partial charge in [0.25, 0.3) is 0 Å². The first-order valence-corrected chi connectivity index (χ1v) is 9.21. The minimum Gasteiger partial charge on any atom is -0.508 e. The van der Waals surface area contributed by atoms with Gasteiger partial charge in [-0.3, -0.25) is 9.59 Å². The Kier molecular flexibility index (Phi) is 2.73. The largest absolute Gasteiger partial charge is 0.508 e. The molecular formula is C22H22O4. The molecular weight excluding hydrogens is 328 g/mol. The lowest BCUT2D eigenvalue weighted by Gasteiger charge is -2.49. The van der Waals surface area contributed by atoms with Gasteiger partial charge < -0.3 is 10.2 Å². The van der Waals surface area contributed by atoms with E-state index in [2.05, 4.69) is 6.58 Å². The second-order valence-corrected chi connectivity index (χ2v) is 8.69. The molecule has 5 atom stereocenters. The highest BCUT2D eigenvalue weighted by Gasteiger charge is 2.78. The molecule has 5 rings (SSSR count). The van der Waals surface area contributed by atoms with Crippen molar-refractivity contribution in [1.29, 1.82) is 0 Å². The lowest BCUT2D eigenvalue weighted by molar-refractivity contribution is -0.148. The summed E-state index contributed by atoms with van der Waals surface area (Å²) in [5.74, 6) is -0.463. The normalized spacial score (nSPS) is 39.5. The molecule has 0 radical (unpaired) electrons. The van der Waals surface area contributed by atoms with Crippen LogP contribution in [0.25, 0.3) is 0 Å². The maximum absolute atomic E-state index is 13.7. The molecule has 2 saturated carbocycles. The van der Waals surface area contributed by atoms with Crippen LogP contribution >= 0.6 is 0 Å². The Morgan fingerprint density at radius 2 is 1.92 bits per heavy atom. The number of carbonyl (C=O) groups is 2. The van der Waals surface area contributed by atoms with Crippen LogP contribution in [0, 0.1) is 17.3 Å². The Balaban J connectivity index is 1.92. The summed E-state index contributed by atoms with van der Waals surface area (Å²) in [6.45, 7) is 7.98. The maximum Gasteiger partial charge on any atom is 0.145 e. The molecule has 2 fully saturated rings. The molecule has 4 aliphatic carbocycles. The third kappa shape index (κ3) is 1.38. The summed E-state index contributed by atoms with van der Waals surface area (Å²) < 4.78 is 0. The lowest BCUT2D eigenvalue weighted by Crippen LogP contribution is -2.58. The van der Waals surface area contributed by atoms with Crippen molar-refractivity contribution >= 4 is 11.6 Å². The monoisotopic (exact) mass is 350 g/mol. The molecule has 0 amide bonds. The first kappa shape index (κ1) is 15.9. The molecule has 134 valence electrons. The summed E-state index contributed by atoms with van der Waals surface area (Å²) >= 11 is 0. The van der Waals surface area contributed by atoms with E-state index < -0.39 is 10.8 Å². The van der Waals surface area contributed by atoms with Crippen LogP contribution in [0.15, 0.2) is 35.9 Å². The topological polar surface area (TPSA) is 74.6 Å². The summed E-state index contributed by atoms with van der Waals surface area (Å²) in [5, 5.41) is 21.3. The van der Waals surface area contributed by atoms with Crippen molar-refractivity contribution in [1.82, 2.24) is 0 Å². The van der Waals surface area contributed by atoms with Gasteiger partial charge >= 0.3 is 0 Å². The number of rotatable bonds is 1. The zero-order valence-corrected chi connectivity index (χ0v) is 15.0. The summed E-state index contributed by atoms with van der Waals surface area (Å²) in [4.78, 5) is 27.2. The van der Waals surface area contributed by atoms with E-state index in [1.807, 2.05) is 19.9 Å². The van der Waals surface area contributed by atoms with Crippen LogP contribution in [0.1, 0.15) is 50.2 Å². The Morgan fingerprint density at radius 3 is 2.62 bits per heavy atom. The van der Waals surface area contributed by atoms with E-state index in [9.17, 15) is 19.8 Å². The van der Waals surface area contributed by atoms with Gasteiger partial charge in [0.15, 0.2) is 0 Å². The Morgan fingerprint density at radius 1 is 1.23 bits per heavy atom. The average molecular weight is 350 g/mol. The van der Waals surface area contributed by atoms with Crippen LogP contribution in [-0.4, -0.2) is 21.8 Å². The second-order valence-electron chi connectivity index (χ2n) is 8.69. The summed E-state index contributed by atoms with van der Waals surface area (Å²) in [6, 6.07) is 2.91. The molecule has 4 heteroatoms. The van der Waals surface area contributed by atoms with Crippen molar-refractivity contribution in [3.05, 3.63) is 47.1 Å². The predicted octanol–water partition coefficient (Wildman–Crippen LogP) is 3.52. The highest BCUT2D eigenvalue weighted by atomic mass is 16.3. The van der Waals surface area contributed by atoms with Crippen molar-refractivity contribution in [2.75, 3.05) is 0 Å². The molecule has 0 heterocycles. The molecule has 4 aliphatic rings. The van der Waals surface area contributed by atoms with Gasteiger partial charge in [0.2, 0.25) is 0 Å². The van der Waals surface area contributed by atoms with Gasteiger partial charge in [-0.2, -0.15) is 0 Å². The van der Waals surface area contributed by atoms with E-state index in [0.29, 0.717) is 24.0 Å². The quantitative estimate of drug-likeness (QED) is 0.600. The van der Waals surface area contributed by atoms with E-state index in [0.717, 1.165) is 11.1 Å². The standard InChI is InChI=1S/C22H22O4/c1-10(2)13-9-21-14-6-11(3)8-22(21,17(25)7-12(13)20(21)26)19-16(24)5-4-15(23)18(14)19/h4-6,12-14,23-24H,1,7-9H2,2-3H3/t12-,13-,14-,21-,22-/m1/s1. The molecule has 0 unspecified atom stereocenters. The number of aromatic hydroxyl groups is 2. The number of phenolic OH excluding ortho intramolecular Hbond substituents is 2. The Bertz CT molecular complexity index is 955. The van der Waals surface area contributed by atoms with Crippen molar-refractivity contribution in [3.8, 4) is 11.5 Å². The number of ketones is 2. The maximum atomic E-state index is 13.7. The minimum atomic E-state index is -1.05. The molecule has 1 spiro atoms. The smallest absolute Gasteiger partial charge is 0.145 e. The summed E-state index contributed by atoms with van der Waals surface area (Å²) in [7, 11) is 0. The first-order chi connectivity index (χ1) is 12.3. The van der Waals surface area contributed by atoms with Gasteiger partial charge in [-0.15, -0.1) is 0 Å². The van der Waals surface area contributed by atoms with Gasteiger partial charge in [0.05, 0.1) is 10.8 Å². The minimum absolute atomic E-state index is 0.0128. The number of carbonyl (C=O) groups excluding carboxylic acids is 2. The number of fused-ring (bicyclic) bond motifs is 3. The van der Waals surface area contributed by atoms with E-state index >= 15 is 0 Å². The third-order valence-electron chi connectivity index (χ3n) is 7.54. The van der Waals surface area contributed by atoms with Crippen molar-refractivity contribution < 1.29 is 19.8 Å². The molecule has 0 aliphatic heterocycles. The fourth-order valence-electron chi connectivity index (χ4n) is 6.71.